The topological polar surface area (TPSA) is 125 Å². The highest BCUT2D eigenvalue weighted by molar-refractivity contribution is 7.95. The molecule has 4 aromatic rings. The standard InChI is InChI=1S/C26H26FN3O4S/c1-5-11-35(33,34)30-20-8-6-7-16(14(20)2)22-19(27)13-18(25(28)31)24-23(22)17-10-9-15(26(3,4)32)12-21(17)29-24/h5-13,29-30,32H,1-4H3,(H2,28,31). The van der Waals surface area contributed by atoms with Crippen LogP contribution in [-0.2, 0) is 15.6 Å². The molecular weight excluding hydrogens is 469 g/mol. The molecule has 0 spiro atoms. The van der Waals surface area contributed by atoms with Crippen molar-refractivity contribution in [3.8, 4) is 11.1 Å². The van der Waals surface area contributed by atoms with Gasteiger partial charge in [-0.1, -0.05) is 30.3 Å². The second-order valence-corrected chi connectivity index (χ2v) is 10.5. The molecule has 1 aromatic heterocycles. The van der Waals surface area contributed by atoms with E-state index in [4.69, 9.17) is 5.73 Å². The van der Waals surface area contributed by atoms with Gasteiger partial charge in [-0.25, -0.2) is 12.8 Å². The summed E-state index contributed by atoms with van der Waals surface area (Å²) in [6.45, 7) is 6.59. The van der Waals surface area contributed by atoms with E-state index in [1.54, 1.807) is 64.1 Å². The number of allylic oxidation sites excluding steroid dienone is 1. The number of aromatic nitrogens is 1. The number of amides is 1. The summed E-state index contributed by atoms with van der Waals surface area (Å²) < 4.78 is 42.8. The third-order valence-electron chi connectivity index (χ3n) is 5.97. The lowest BCUT2D eigenvalue weighted by Crippen LogP contribution is -2.14. The summed E-state index contributed by atoms with van der Waals surface area (Å²) in [6, 6.07) is 11.2. The van der Waals surface area contributed by atoms with E-state index in [1.807, 2.05) is 0 Å². The maximum atomic E-state index is 15.7. The maximum Gasteiger partial charge on any atom is 0.254 e. The Kier molecular flexibility index (Phi) is 5.94. The van der Waals surface area contributed by atoms with Gasteiger partial charge in [0.1, 0.15) is 5.82 Å². The minimum atomic E-state index is -3.73. The van der Waals surface area contributed by atoms with Crippen LogP contribution in [0, 0.1) is 12.7 Å². The monoisotopic (exact) mass is 495 g/mol. The van der Waals surface area contributed by atoms with Gasteiger partial charge in [-0.15, -0.1) is 0 Å². The second-order valence-electron chi connectivity index (χ2n) is 8.93. The molecule has 0 saturated carbocycles. The van der Waals surface area contributed by atoms with Crippen molar-refractivity contribution in [2.45, 2.75) is 33.3 Å². The van der Waals surface area contributed by atoms with Gasteiger partial charge in [0, 0.05) is 27.3 Å². The van der Waals surface area contributed by atoms with Crippen molar-refractivity contribution in [1.82, 2.24) is 4.98 Å². The van der Waals surface area contributed by atoms with Crippen LogP contribution in [0.4, 0.5) is 10.1 Å². The Morgan fingerprint density at radius 2 is 1.91 bits per heavy atom. The average molecular weight is 496 g/mol. The number of aromatic amines is 1. The van der Waals surface area contributed by atoms with Gasteiger partial charge in [0.25, 0.3) is 15.9 Å². The van der Waals surface area contributed by atoms with Crippen molar-refractivity contribution >= 4 is 43.4 Å². The van der Waals surface area contributed by atoms with Crippen molar-refractivity contribution in [1.29, 1.82) is 0 Å². The van der Waals surface area contributed by atoms with E-state index in [1.165, 1.54) is 6.08 Å². The Balaban J connectivity index is 2.07. The van der Waals surface area contributed by atoms with Crippen molar-refractivity contribution in [3.05, 3.63) is 76.5 Å². The molecule has 1 amide bonds. The Bertz CT molecular complexity index is 1630. The molecule has 182 valence electrons. The molecule has 9 heteroatoms. The molecule has 35 heavy (non-hydrogen) atoms. The van der Waals surface area contributed by atoms with E-state index >= 15 is 4.39 Å². The van der Waals surface area contributed by atoms with Crippen molar-refractivity contribution in [2.75, 3.05) is 4.72 Å². The average Bonchev–Trinajstić information content (AvgIpc) is 3.13. The number of anilines is 1. The minimum Gasteiger partial charge on any atom is -0.386 e. The van der Waals surface area contributed by atoms with Crippen molar-refractivity contribution in [2.24, 2.45) is 5.73 Å². The van der Waals surface area contributed by atoms with E-state index in [9.17, 15) is 18.3 Å². The maximum absolute atomic E-state index is 15.7. The number of nitrogens with one attached hydrogen (secondary N) is 2. The summed E-state index contributed by atoms with van der Waals surface area (Å²) >= 11 is 0. The fraction of sp³-hybridized carbons (Fsp3) is 0.192. The molecule has 0 fully saturated rings. The number of carbonyl (C=O) groups is 1. The predicted octanol–water partition coefficient (Wildman–Crippen LogP) is 5.04. The van der Waals surface area contributed by atoms with Crippen LogP contribution in [0.5, 0.6) is 0 Å². The van der Waals surface area contributed by atoms with Gasteiger partial charge in [0.05, 0.1) is 22.4 Å². The molecular formula is C26H26FN3O4S. The van der Waals surface area contributed by atoms with E-state index in [0.717, 1.165) is 11.5 Å². The third kappa shape index (κ3) is 4.40. The van der Waals surface area contributed by atoms with Crippen LogP contribution < -0.4 is 10.5 Å². The zero-order chi connectivity index (χ0) is 25.7. The lowest BCUT2D eigenvalue weighted by atomic mass is 9.92. The normalized spacial score (nSPS) is 12.6. The number of halogens is 1. The molecule has 4 rings (SSSR count). The number of sulfonamides is 1. The van der Waals surface area contributed by atoms with Gasteiger partial charge in [-0.05, 0) is 62.6 Å². The Hall–Kier alpha value is -3.69. The molecule has 3 aromatic carbocycles. The largest absolute Gasteiger partial charge is 0.386 e. The van der Waals surface area contributed by atoms with E-state index in [0.29, 0.717) is 44.2 Å². The zero-order valence-corrected chi connectivity index (χ0v) is 20.5. The molecule has 0 aliphatic rings. The quantitative estimate of drug-likeness (QED) is 0.299. The molecule has 7 nitrogen and oxygen atoms in total. The van der Waals surface area contributed by atoms with Gasteiger partial charge >= 0.3 is 0 Å². The van der Waals surface area contributed by atoms with Crippen LogP contribution in [0.25, 0.3) is 32.9 Å². The number of fused-ring (bicyclic) bond motifs is 3. The highest BCUT2D eigenvalue weighted by Crippen LogP contribution is 2.41. The minimum absolute atomic E-state index is 0.00940. The van der Waals surface area contributed by atoms with Crippen LogP contribution in [0.3, 0.4) is 0 Å². The SMILES string of the molecule is CC=CS(=O)(=O)Nc1cccc(-c2c(F)cc(C(N)=O)c3[nH]c4cc(C(C)(C)O)ccc4c23)c1C. The van der Waals surface area contributed by atoms with Gasteiger partial charge in [-0.2, -0.15) is 0 Å². The summed E-state index contributed by atoms with van der Waals surface area (Å²) in [5, 5.41) is 12.5. The molecule has 0 radical (unpaired) electrons. The van der Waals surface area contributed by atoms with Crippen LogP contribution in [-0.4, -0.2) is 24.4 Å². The molecule has 5 N–H and O–H groups in total. The summed E-state index contributed by atoms with van der Waals surface area (Å²) in [5.41, 5.74) is 7.50. The number of hydrogen-bond acceptors (Lipinski definition) is 4. The van der Waals surface area contributed by atoms with Gasteiger partial charge in [-0.3, -0.25) is 9.52 Å². The second kappa shape index (κ2) is 8.51. The summed E-state index contributed by atoms with van der Waals surface area (Å²) in [5.74, 6) is -1.46. The van der Waals surface area contributed by atoms with E-state index in [-0.39, 0.29) is 11.1 Å². The van der Waals surface area contributed by atoms with Crippen LogP contribution in [0.1, 0.15) is 42.3 Å². The lowest BCUT2D eigenvalue weighted by molar-refractivity contribution is 0.0787. The first-order chi connectivity index (χ1) is 16.3. The molecule has 1 heterocycles. The predicted molar refractivity (Wildman–Crippen MR) is 137 cm³/mol. The van der Waals surface area contributed by atoms with E-state index < -0.39 is 27.3 Å². The number of carbonyl (C=O) groups excluding carboxylic acids is 1. The highest BCUT2D eigenvalue weighted by atomic mass is 32.2. The number of nitrogens with two attached hydrogens (primary N) is 1. The molecule has 0 atom stereocenters. The molecule has 0 bridgehead atoms. The van der Waals surface area contributed by atoms with E-state index in [2.05, 4.69) is 9.71 Å². The number of H-pyrrole nitrogens is 1. The molecule has 0 aliphatic carbocycles. The van der Waals surface area contributed by atoms with Crippen LogP contribution in [0.15, 0.2) is 53.9 Å². The number of aliphatic hydroxyl groups is 1. The van der Waals surface area contributed by atoms with Crippen molar-refractivity contribution in [3.63, 3.8) is 0 Å². The third-order valence-corrected chi connectivity index (χ3v) is 7.11. The van der Waals surface area contributed by atoms with Crippen molar-refractivity contribution < 1.29 is 22.7 Å². The Morgan fingerprint density at radius 1 is 1.20 bits per heavy atom. The number of hydrogen-bond donors (Lipinski definition) is 4. The zero-order valence-electron chi connectivity index (χ0n) is 19.7. The summed E-state index contributed by atoms with van der Waals surface area (Å²) in [4.78, 5) is 15.3. The van der Waals surface area contributed by atoms with Gasteiger partial charge in [0.2, 0.25) is 0 Å². The fourth-order valence-electron chi connectivity index (χ4n) is 4.27. The highest BCUT2D eigenvalue weighted by Gasteiger charge is 2.24. The first-order valence-electron chi connectivity index (χ1n) is 10.9. The van der Waals surface area contributed by atoms with Crippen LogP contribution >= 0.6 is 0 Å². The first kappa shape index (κ1) is 24.4. The first-order valence-corrected chi connectivity index (χ1v) is 12.4. The number of rotatable bonds is 6. The fourth-order valence-corrected chi connectivity index (χ4v) is 5.23. The Morgan fingerprint density at radius 3 is 2.54 bits per heavy atom. The lowest BCUT2D eigenvalue weighted by Gasteiger charge is -2.17. The summed E-state index contributed by atoms with van der Waals surface area (Å²) in [6.07, 6.45) is 1.40. The van der Waals surface area contributed by atoms with Gasteiger partial charge < -0.3 is 15.8 Å². The number of benzene rings is 3. The molecule has 0 aliphatic heterocycles. The molecule has 0 saturated heterocycles. The molecule has 0 unspecified atom stereocenters. The summed E-state index contributed by atoms with van der Waals surface area (Å²) in [7, 11) is -3.73. The van der Waals surface area contributed by atoms with Crippen LogP contribution in [0.2, 0.25) is 0 Å². The smallest absolute Gasteiger partial charge is 0.254 e. The number of primary amides is 1. The Labute approximate surface area is 202 Å². The van der Waals surface area contributed by atoms with Gasteiger partial charge in [0.15, 0.2) is 0 Å².